The lowest BCUT2D eigenvalue weighted by Gasteiger charge is -2.23. The highest BCUT2D eigenvalue weighted by atomic mass is 32.1. The molecule has 0 radical (unpaired) electrons. The van der Waals surface area contributed by atoms with Crippen LogP contribution >= 0.6 is 11.3 Å². The van der Waals surface area contributed by atoms with Crippen LogP contribution in [0.5, 0.6) is 0 Å². The molecule has 0 saturated carbocycles. The van der Waals surface area contributed by atoms with Gasteiger partial charge in [-0.25, -0.2) is 0 Å². The summed E-state index contributed by atoms with van der Waals surface area (Å²) in [5, 5.41) is 2.89. The molecule has 4 heterocycles. The van der Waals surface area contributed by atoms with Gasteiger partial charge in [-0.2, -0.15) is 0 Å². The minimum atomic E-state index is -0.0817. The van der Waals surface area contributed by atoms with Gasteiger partial charge < -0.3 is 14.7 Å². The molecule has 1 saturated heterocycles. The van der Waals surface area contributed by atoms with Crippen LogP contribution in [0, 0.1) is 0 Å². The average molecular weight is 383 g/mol. The summed E-state index contributed by atoms with van der Waals surface area (Å²) in [6, 6.07) is 11.5. The van der Waals surface area contributed by atoms with Crippen LogP contribution < -0.4 is 10.9 Å². The minimum Gasteiger partial charge on any atom is -0.467 e. The molecule has 0 spiro atoms. The Kier molecular flexibility index (Phi) is 5.22. The molecule has 7 heteroatoms. The van der Waals surface area contributed by atoms with Gasteiger partial charge in [-0.1, -0.05) is 0 Å². The number of pyridine rings is 1. The molecule has 3 aromatic rings. The number of carbonyl (C=O) groups excluding carboxylic acids is 1. The zero-order valence-electron chi connectivity index (χ0n) is 14.8. The predicted molar refractivity (Wildman–Crippen MR) is 104 cm³/mol. The van der Waals surface area contributed by atoms with Gasteiger partial charge in [0.25, 0.3) is 5.91 Å². The van der Waals surface area contributed by atoms with Crippen molar-refractivity contribution in [3.05, 3.63) is 80.3 Å². The van der Waals surface area contributed by atoms with Gasteiger partial charge in [-0.15, -0.1) is 11.3 Å². The van der Waals surface area contributed by atoms with E-state index < -0.39 is 0 Å². The first-order chi connectivity index (χ1) is 13.2. The zero-order chi connectivity index (χ0) is 18.6. The lowest BCUT2D eigenvalue weighted by Crippen LogP contribution is -2.23. The maximum atomic E-state index is 12.4. The number of furan rings is 1. The van der Waals surface area contributed by atoms with Crippen molar-refractivity contribution in [1.29, 1.82) is 0 Å². The van der Waals surface area contributed by atoms with E-state index in [1.807, 2.05) is 24.3 Å². The first kappa shape index (κ1) is 17.8. The van der Waals surface area contributed by atoms with Crippen molar-refractivity contribution < 1.29 is 9.21 Å². The summed E-state index contributed by atoms with van der Waals surface area (Å²) in [6.07, 6.45) is 5.47. The number of nitrogens with zero attached hydrogens (tertiary/aromatic N) is 1. The highest BCUT2D eigenvalue weighted by molar-refractivity contribution is 7.14. The molecule has 4 rings (SSSR count). The van der Waals surface area contributed by atoms with Crippen molar-refractivity contribution in [3.63, 3.8) is 0 Å². The average Bonchev–Trinajstić information content (AvgIpc) is 3.41. The second-order valence-corrected chi connectivity index (χ2v) is 7.77. The number of H-pyrrole nitrogens is 1. The molecule has 140 valence electrons. The van der Waals surface area contributed by atoms with Crippen molar-refractivity contribution in [1.82, 2.24) is 15.2 Å². The Hall–Kier alpha value is -2.64. The van der Waals surface area contributed by atoms with Gasteiger partial charge in [0.1, 0.15) is 5.76 Å². The quantitative estimate of drug-likeness (QED) is 0.685. The second kappa shape index (κ2) is 7.94. The molecule has 27 heavy (non-hydrogen) atoms. The summed E-state index contributed by atoms with van der Waals surface area (Å²) in [4.78, 5) is 30.8. The Morgan fingerprint density at radius 1 is 1.33 bits per heavy atom. The topological polar surface area (TPSA) is 78.3 Å². The van der Waals surface area contributed by atoms with Gasteiger partial charge in [0.05, 0.1) is 17.7 Å². The maximum Gasteiger partial charge on any atom is 0.261 e. The number of amides is 1. The Labute approximate surface area is 160 Å². The van der Waals surface area contributed by atoms with Crippen LogP contribution in [-0.2, 0) is 13.1 Å². The molecule has 2 N–H and O–H groups in total. The third-order valence-corrected chi connectivity index (χ3v) is 5.96. The highest BCUT2D eigenvalue weighted by Crippen LogP contribution is 2.36. The number of nitrogens with one attached hydrogen (secondary N) is 2. The molecule has 1 amide bonds. The number of carbonyl (C=O) groups is 1. The Bertz CT molecular complexity index is 961. The van der Waals surface area contributed by atoms with E-state index in [4.69, 9.17) is 4.42 Å². The summed E-state index contributed by atoms with van der Waals surface area (Å²) in [6.45, 7) is 2.12. The Morgan fingerprint density at radius 2 is 2.26 bits per heavy atom. The van der Waals surface area contributed by atoms with Gasteiger partial charge in [0.15, 0.2) is 0 Å². The number of aromatic nitrogens is 1. The third kappa shape index (κ3) is 4.20. The molecule has 0 aliphatic carbocycles. The van der Waals surface area contributed by atoms with Gasteiger partial charge in [0, 0.05) is 29.7 Å². The normalized spacial score (nSPS) is 17.3. The van der Waals surface area contributed by atoms with Crippen molar-refractivity contribution >= 4 is 17.2 Å². The van der Waals surface area contributed by atoms with E-state index in [1.165, 1.54) is 4.88 Å². The van der Waals surface area contributed by atoms with E-state index in [0.717, 1.165) is 37.3 Å². The first-order valence-electron chi connectivity index (χ1n) is 9.01. The summed E-state index contributed by atoms with van der Waals surface area (Å²) in [5.74, 6) is 0.654. The van der Waals surface area contributed by atoms with Crippen LogP contribution in [0.25, 0.3) is 0 Å². The summed E-state index contributed by atoms with van der Waals surface area (Å²) in [7, 11) is 0. The van der Waals surface area contributed by atoms with E-state index >= 15 is 0 Å². The largest absolute Gasteiger partial charge is 0.467 e. The fraction of sp³-hybridized carbons (Fsp3) is 0.300. The number of rotatable bonds is 6. The Morgan fingerprint density at radius 3 is 3.07 bits per heavy atom. The summed E-state index contributed by atoms with van der Waals surface area (Å²) < 4.78 is 5.24. The molecule has 1 fully saturated rings. The SMILES string of the molecule is O=C(NCc1ccco1)c1ccc(C2CCCN2Cc2cc[nH]c(=O)c2)s1. The van der Waals surface area contributed by atoms with Crippen LogP contribution in [0.2, 0.25) is 0 Å². The molecule has 1 unspecified atom stereocenters. The summed E-state index contributed by atoms with van der Waals surface area (Å²) in [5.41, 5.74) is 0.938. The second-order valence-electron chi connectivity index (χ2n) is 6.65. The highest BCUT2D eigenvalue weighted by Gasteiger charge is 2.27. The number of hydrogen-bond donors (Lipinski definition) is 2. The van der Waals surface area contributed by atoms with E-state index in [2.05, 4.69) is 15.2 Å². The number of thiophene rings is 1. The van der Waals surface area contributed by atoms with Gasteiger partial charge in [0.2, 0.25) is 5.56 Å². The van der Waals surface area contributed by atoms with Crippen LogP contribution in [-0.4, -0.2) is 22.3 Å². The zero-order valence-corrected chi connectivity index (χ0v) is 15.6. The van der Waals surface area contributed by atoms with Gasteiger partial charge in [-0.3, -0.25) is 14.5 Å². The van der Waals surface area contributed by atoms with Crippen molar-refractivity contribution in [3.8, 4) is 0 Å². The van der Waals surface area contributed by atoms with Crippen molar-refractivity contribution in [2.24, 2.45) is 0 Å². The number of likely N-dealkylation sites (tertiary alicyclic amines) is 1. The monoisotopic (exact) mass is 383 g/mol. The lowest BCUT2D eigenvalue weighted by molar-refractivity contribution is 0.0952. The van der Waals surface area contributed by atoms with Crippen LogP contribution in [0.15, 0.2) is 58.1 Å². The molecule has 0 aromatic carbocycles. The van der Waals surface area contributed by atoms with Crippen LogP contribution in [0.1, 0.15) is 44.8 Å². The molecule has 3 aromatic heterocycles. The van der Waals surface area contributed by atoms with Crippen molar-refractivity contribution in [2.45, 2.75) is 32.0 Å². The molecule has 6 nitrogen and oxygen atoms in total. The lowest BCUT2D eigenvalue weighted by atomic mass is 10.1. The molecule has 1 aliphatic heterocycles. The Balaban J connectivity index is 1.42. The van der Waals surface area contributed by atoms with E-state index in [9.17, 15) is 9.59 Å². The summed E-state index contributed by atoms with van der Waals surface area (Å²) >= 11 is 1.54. The maximum absolute atomic E-state index is 12.4. The van der Waals surface area contributed by atoms with E-state index in [-0.39, 0.29) is 11.5 Å². The van der Waals surface area contributed by atoms with Gasteiger partial charge >= 0.3 is 0 Å². The fourth-order valence-corrected chi connectivity index (χ4v) is 4.58. The van der Waals surface area contributed by atoms with Gasteiger partial charge in [-0.05, 0) is 55.3 Å². The first-order valence-corrected chi connectivity index (χ1v) is 9.83. The number of aromatic amines is 1. The molecule has 0 bridgehead atoms. The third-order valence-electron chi connectivity index (χ3n) is 4.77. The molecule has 1 atom stereocenters. The van der Waals surface area contributed by atoms with E-state index in [0.29, 0.717) is 17.5 Å². The molecule has 1 aliphatic rings. The van der Waals surface area contributed by atoms with Crippen LogP contribution in [0.3, 0.4) is 0 Å². The smallest absolute Gasteiger partial charge is 0.261 e. The number of hydrogen-bond acceptors (Lipinski definition) is 5. The van der Waals surface area contributed by atoms with Crippen LogP contribution in [0.4, 0.5) is 0 Å². The predicted octanol–water partition coefficient (Wildman–Crippen LogP) is 3.30. The fourth-order valence-electron chi connectivity index (χ4n) is 3.48. The standard InChI is InChI=1S/C20H21N3O3S/c24-19-11-14(7-8-21-19)13-23-9-1-4-16(23)17-5-6-18(27-17)20(25)22-12-15-3-2-10-26-15/h2-3,5-8,10-11,16H,1,4,9,12-13H2,(H,21,24)(H,22,25). The molecular formula is C20H21N3O3S. The van der Waals surface area contributed by atoms with Crippen molar-refractivity contribution in [2.75, 3.05) is 6.54 Å². The minimum absolute atomic E-state index is 0.0742. The molecular weight excluding hydrogens is 362 g/mol. The van der Waals surface area contributed by atoms with E-state index in [1.54, 1.807) is 35.9 Å².